The summed E-state index contributed by atoms with van der Waals surface area (Å²) < 4.78 is 4.15. The molecule has 4 aromatic rings. The van der Waals surface area contributed by atoms with Crippen LogP contribution in [0.15, 0.2) is 55.1 Å². The van der Waals surface area contributed by atoms with E-state index in [9.17, 15) is 0 Å². The maximum Gasteiger partial charge on any atom is 0.174 e. The molecular formula is C23H25N7. The molecule has 0 atom stereocenters. The Hall–Kier alpha value is -3.48. The number of nitrogens with zero attached hydrogens (tertiary/aromatic N) is 7. The number of imidazole rings is 1. The molecule has 0 saturated carbocycles. The maximum atomic E-state index is 4.83. The Labute approximate surface area is 176 Å². The quantitative estimate of drug-likeness (QED) is 0.515. The average Bonchev–Trinajstić information content (AvgIpc) is 3.34. The summed E-state index contributed by atoms with van der Waals surface area (Å²) >= 11 is 0. The van der Waals surface area contributed by atoms with Gasteiger partial charge in [0.2, 0.25) is 0 Å². The fraction of sp³-hybridized carbons (Fsp3) is 0.304. The fourth-order valence-corrected chi connectivity index (χ4v) is 4.11. The minimum Gasteiger partial charge on any atom is -0.349 e. The zero-order valence-corrected chi connectivity index (χ0v) is 17.4. The van der Waals surface area contributed by atoms with Gasteiger partial charge in [-0.2, -0.15) is 5.10 Å². The lowest BCUT2D eigenvalue weighted by Crippen LogP contribution is -2.32. The minimum atomic E-state index is 0.747. The van der Waals surface area contributed by atoms with Gasteiger partial charge in [-0.15, -0.1) is 0 Å². The molecule has 7 nitrogen and oxygen atoms in total. The Morgan fingerprint density at radius 3 is 2.67 bits per heavy atom. The second-order valence-electron chi connectivity index (χ2n) is 7.81. The Morgan fingerprint density at radius 1 is 1.03 bits per heavy atom. The van der Waals surface area contributed by atoms with E-state index in [4.69, 9.17) is 9.97 Å². The van der Waals surface area contributed by atoms with E-state index in [0.717, 1.165) is 61.2 Å². The standard InChI is InChI=1S/C23H25N7/c1-17-12-18(2)30(27-17)23-14-24-13-22(26-23)28-11-9-21-20(15-28)25-16-29(21)10-8-19-6-4-3-5-7-19/h3-7,12-14,16H,8-11,15H2,1-2H3. The van der Waals surface area contributed by atoms with Gasteiger partial charge in [-0.3, -0.25) is 4.98 Å². The van der Waals surface area contributed by atoms with Crippen molar-refractivity contribution >= 4 is 5.82 Å². The lowest BCUT2D eigenvalue weighted by Gasteiger charge is -2.28. The van der Waals surface area contributed by atoms with Crippen molar-refractivity contribution in [1.82, 2.24) is 29.3 Å². The summed E-state index contributed by atoms with van der Waals surface area (Å²) in [4.78, 5) is 16.2. The molecule has 1 aliphatic heterocycles. The van der Waals surface area contributed by atoms with Crippen molar-refractivity contribution in [3.05, 3.63) is 83.5 Å². The number of anilines is 1. The molecule has 1 aliphatic rings. The van der Waals surface area contributed by atoms with Crippen molar-refractivity contribution in [3.8, 4) is 5.82 Å². The lowest BCUT2D eigenvalue weighted by molar-refractivity contribution is 0.621. The van der Waals surface area contributed by atoms with E-state index in [1.54, 1.807) is 6.20 Å². The van der Waals surface area contributed by atoms with E-state index in [2.05, 4.69) is 49.9 Å². The van der Waals surface area contributed by atoms with Gasteiger partial charge in [-0.25, -0.2) is 14.6 Å². The molecule has 3 aromatic heterocycles. The van der Waals surface area contributed by atoms with Crippen LogP contribution in [0.3, 0.4) is 0 Å². The predicted molar refractivity (Wildman–Crippen MR) is 116 cm³/mol. The van der Waals surface area contributed by atoms with Crippen LogP contribution in [0, 0.1) is 13.8 Å². The highest BCUT2D eigenvalue weighted by Crippen LogP contribution is 2.23. The number of rotatable bonds is 5. The first-order valence-corrected chi connectivity index (χ1v) is 10.3. The van der Waals surface area contributed by atoms with E-state index in [-0.39, 0.29) is 0 Å². The third-order valence-electron chi connectivity index (χ3n) is 5.64. The molecule has 0 unspecified atom stereocenters. The molecule has 0 N–H and O–H groups in total. The number of benzene rings is 1. The Morgan fingerprint density at radius 2 is 1.87 bits per heavy atom. The van der Waals surface area contributed by atoms with Gasteiger partial charge in [0.15, 0.2) is 5.82 Å². The maximum absolute atomic E-state index is 4.83. The monoisotopic (exact) mass is 399 g/mol. The van der Waals surface area contributed by atoms with Crippen LogP contribution in [0.2, 0.25) is 0 Å². The first-order valence-electron chi connectivity index (χ1n) is 10.3. The van der Waals surface area contributed by atoms with E-state index in [1.165, 1.54) is 11.3 Å². The summed E-state index contributed by atoms with van der Waals surface area (Å²) in [6.07, 6.45) is 7.54. The van der Waals surface area contributed by atoms with E-state index in [1.807, 2.05) is 37.1 Å². The highest BCUT2D eigenvalue weighted by atomic mass is 15.3. The Bertz CT molecular complexity index is 1160. The Balaban J connectivity index is 1.32. The van der Waals surface area contributed by atoms with E-state index in [0.29, 0.717) is 0 Å². The minimum absolute atomic E-state index is 0.747. The average molecular weight is 400 g/mol. The van der Waals surface area contributed by atoms with Gasteiger partial charge in [-0.1, -0.05) is 30.3 Å². The van der Waals surface area contributed by atoms with Crippen molar-refractivity contribution in [3.63, 3.8) is 0 Å². The summed E-state index contributed by atoms with van der Waals surface area (Å²) in [6, 6.07) is 12.7. The van der Waals surface area contributed by atoms with Crippen molar-refractivity contribution in [1.29, 1.82) is 0 Å². The SMILES string of the molecule is Cc1cc(C)n(-c2cncc(N3CCc4c(ncn4CCc4ccccc4)C3)n2)n1. The highest BCUT2D eigenvalue weighted by molar-refractivity contribution is 5.42. The molecule has 0 amide bonds. The van der Waals surface area contributed by atoms with Crippen LogP contribution in [-0.2, 0) is 25.9 Å². The van der Waals surface area contributed by atoms with Crippen LogP contribution in [0.5, 0.6) is 0 Å². The van der Waals surface area contributed by atoms with Crippen molar-refractivity contribution < 1.29 is 0 Å². The molecule has 4 heterocycles. The fourth-order valence-electron chi connectivity index (χ4n) is 4.11. The van der Waals surface area contributed by atoms with Gasteiger partial charge in [-0.05, 0) is 31.9 Å². The van der Waals surface area contributed by atoms with Crippen LogP contribution in [-0.4, -0.2) is 35.8 Å². The zero-order chi connectivity index (χ0) is 20.5. The number of hydrogen-bond donors (Lipinski definition) is 0. The smallest absolute Gasteiger partial charge is 0.174 e. The molecule has 0 fully saturated rings. The van der Waals surface area contributed by atoms with Crippen molar-refractivity contribution in [2.45, 2.75) is 39.8 Å². The molecule has 1 aromatic carbocycles. The summed E-state index contributed by atoms with van der Waals surface area (Å²) in [7, 11) is 0. The number of aromatic nitrogens is 6. The highest BCUT2D eigenvalue weighted by Gasteiger charge is 2.22. The molecule has 0 radical (unpaired) electrons. The van der Waals surface area contributed by atoms with Crippen LogP contribution >= 0.6 is 0 Å². The Kier molecular flexibility index (Phi) is 4.78. The molecule has 7 heteroatoms. The first kappa shape index (κ1) is 18.5. The van der Waals surface area contributed by atoms with E-state index < -0.39 is 0 Å². The predicted octanol–water partition coefficient (Wildman–Crippen LogP) is 3.28. The van der Waals surface area contributed by atoms with E-state index >= 15 is 0 Å². The zero-order valence-electron chi connectivity index (χ0n) is 17.4. The lowest BCUT2D eigenvalue weighted by atomic mass is 10.1. The van der Waals surface area contributed by atoms with Gasteiger partial charge in [0, 0.05) is 30.9 Å². The number of fused-ring (bicyclic) bond motifs is 1. The van der Waals surface area contributed by atoms with Crippen LogP contribution in [0.4, 0.5) is 5.82 Å². The van der Waals surface area contributed by atoms with Crippen LogP contribution in [0.25, 0.3) is 5.82 Å². The molecule has 0 bridgehead atoms. The van der Waals surface area contributed by atoms with Gasteiger partial charge < -0.3 is 9.47 Å². The number of aryl methyl sites for hydroxylation is 4. The van der Waals surface area contributed by atoms with Crippen LogP contribution < -0.4 is 4.90 Å². The van der Waals surface area contributed by atoms with Gasteiger partial charge in [0.1, 0.15) is 5.82 Å². The van der Waals surface area contributed by atoms with Crippen molar-refractivity contribution in [2.75, 3.05) is 11.4 Å². The molecule has 152 valence electrons. The topological polar surface area (TPSA) is 64.7 Å². The molecule has 0 spiro atoms. The summed E-state index contributed by atoms with van der Waals surface area (Å²) in [6.45, 7) is 6.63. The largest absolute Gasteiger partial charge is 0.349 e. The van der Waals surface area contributed by atoms with Crippen molar-refractivity contribution in [2.24, 2.45) is 0 Å². The third-order valence-corrected chi connectivity index (χ3v) is 5.64. The van der Waals surface area contributed by atoms with Gasteiger partial charge >= 0.3 is 0 Å². The molecule has 5 rings (SSSR count). The second-order valence-corrected chi connectivity index (χ2v) is 7.81. The summed E-state index contributed by atoms with van der Waals surface area (Å²) in [5, 5.41) is 4.53. The summed E-state index contributed by atoms with van der Waals surface area (Å²) in [5.74, 6) is 1.61. The number of hydrogen-bond acceptors (Lipinski definition) is 5. The second kappa shape index (κ2) is 7.74. The molecular weight excluding hydrogens is 374 g/mol. The normalized spacial score (nSPS) is 13.5. The van der Waals surface area contributed by atoms with Gasteiger partial charge in [0.25, 0.3) is 0 Å². The first-order chi connectivity index (χ1) is 14.7. The third kappa shape index (κ3) is 3.58. The van der Waals surface area contributed by atoms with Gasteiger partial charge in [0.05, 0.1) is 36.7 Å². The van der Waals surface area contributed by atoms with Crippen LogP contribution in [0.1, 0.15) is 28.3 Å². The molecule has 30 heavy (non-hydrogen) atoms. The molecule has 0 aliphatic carbocycles. The summed E-state index contributed by atoms with van der Waals surface area (Å²) in [5.41, 5.74) is 5.85. The molecule has 0 saturated heterocycles.